The van der Waals surface area contributed by atoms with Crippen LogP contribution in [0.1, 0.15) is 37.9 Å². The highest BCUT2D eigenvalue weighted by Crippen LogP contribution is 2.32. The van der Waals surface area contributed by atoms with Crippen molar-refractivity contribution < 1.29 is 18.7 Å². The summed E-state index contributed by atoms with van der Waals surface area (Å²) in [6.07, 6.45) is -0.436. The summed E-state index contributed by atoms with van der Waals surface area (Å²) in [6, 6.07) is 35.9. The van der Waals surface area contributed by atoms with Gasteiger partial charge in [-0.3, -0.25) is 4.90 Å². The Labute approximate surface area is 239 Å². The summed E-state index contributed by atoms with van der Waals surface area (Å²) in [5.41, 5.74) is 2.18. The molecule has 0 fully saturated rings. The Hall–Kier alpha value is -3.87. The van der Waals surface area contributed by atoms with E-state index in [4.69, 9.17) is 13.9 Å². The summed E-state index contributed by atoms with van der Waals surface area (Å²) in [5, 5.41) is 2.38. The summed E-state index contributed by atoms with van der Waals surface area (Å²) < 4.78 is 18.4. The Kier molecular flexibility index (Phi) is 9.13. The molecular formula is C34H39NO4Si. The third-order valence-electron chi connectivity index (χ3n) is 6.95. The number of carbonyl (C=O) groups is 1. The standard InChI is InChI=1S/C34H39NO4Si/c1-26-15-13-14-20-32(26)40(6,30-18-11-8-12-19-30)38-25-31(27-16-9-7-10-17-27)35(33(36)39-34(2,3)4)28-21-23-29(37-5)24-22-28/h7-24,31H,25H2,1-6H3/t31-,40?/m1/s1. The Morgan fingerprint density at radius 1 is 0.825 bits per heavy atom. The molecule has 0 spiro atoms. The molecule has 0 aliphatic heterocycles. The van der Waals surface area contributed by atoms with Gasteiger partial charge in [0.25, 0.3) is 8.32 Å². The van der Waals surface area contributed by atoms with E-state index in [9.17, 15) is 4.79 Å². The minimum absolute atomic E-state index is 0.279. The maximum absolute atomic E-state index is 13.9. The van der Waals surface area contributed by atoms with E-state index in [-0.39, 0.29) is 6.61 Å². The molecule has 0 saturated carbocycles. The third-order valence-corrected chi connectivity index (χ3v) is 10.7. The van der Waals surface area contributed by atoms with Gasteiger partial charge in [-0.15, -0.1) is 0 Å². The Balaban J connectivity index is 1.81. The second-order valence-electron chi connectivity index (χ2n) is 11.0. The van der Waals surface area contributed by atoms with Crippen LogP contribution in [0.2, 0.25) is 6.55 Å². The molecule has 0 aromatic heterocycles. The Morgan fingerprint density at radius 3 is 1.98 bits per heavy atom. The number of carbonyl (C=O) groups excluding carboxylic acids is 1. The summed E-state index contributed by atoms with van der Waals surface area (Å²) in [4.78, 5) is 15.6. The molecule has 0 aliphatic carbocycles. The molecule has 0 bridgehead atoms. The van der Waals surface area contributed by atoms with Crippen LogP contribution in [0.4, 0.5) is 10.5 Å². The number of amides is 1. The Morgan fingerprint density at radius 2 is 1.40 bits per heavy atom. The van der Waals surface area contributed by atoms with Crippen molar-refractivity contribution in [3.63, 3.8) is 0 Å². The molecule has 40 heavy (non-hydrogen) atoms. The van der Waals surface area contributed by atoms with Crippen molar-refractivity contribution in [1.82, 2.24) is 0 Å². The van der Waals surface area contributed by atoms with Crippen molar-refractivity contribution in [1.29, 1.82) is 0 Å². The summed E-state index contributed by atoms with van der Waals surface area (Å²) in [6.45, 7) is 10.3. The molecule has 0 N–H and O–H groups in total. The number of hydrogen-bond donors (Lipinski definition) is 0. The molecule has 0 radical (unpaired) electrons. The van der Waals surface area contributed by atoms with E-state index in [1.165, 1.54) is 15.9 Å². The third kappa shape index (κ3) is 6.82. The van der Waals surface area contributed by atoms with Crippen LogP contribution in [0, 0.1) is 6.92 Å². The van der Waals surface area contributed by atoms with Crippen LogP contribution in [0.15, 0.2) is 109 Å². The van der Waals surface area contributed by atoms with E-state index < -0.39 is 26.1 Å². The van der Waals surface area contributed by atoms with Gasteiger partial charge in [0.1, 0.15) is 11.4 Å². The lowest BCUT2D eigenvalue weighted by molar-refractivity contribution is 0.0553. The summed E-state index contributed by atoms with van der Waals surface area (Å²) in [7, 11) is -1.06. The lowest BCUT2D eigenvalue weighted by Crippen LogP contribution is -2.60. The van der Waals surface area contributed by atoms with Crippen LogP contribution in [0.5, 0.6) is 5.75 Å². The van der Waals surface area contributed by atoms with E-state index in [0.29, 0.717) is 11.4 Å². The van der Waals surface area contributed by atoms with Gasteiger partial charge in [0.2, 0.25) is 0 Å². The van der Waals surface area contributed by atoms with Crippen LogP contribution >= 0.6 is 0 Å². The lowest BCUT2D eigenvalue weighted by Gasteiger charge is -2.37. The van der Waals surface area contributed by atoms with Crippen LogP contribution in [0.3, 0.4) is 0 Å². The number of benzene rings is 4. The number of rotatable bonds is 9. The minimum atomic E-state index is -2.68. The molecule has 1 amide bonds. The first kappa shape index (κ1) is 29.1. The fourth-order valence-electron chi connectivity index (χ4n) is 4.89. The molecule has 4 aromatic carbocycles. The number of aryl methyl sites for hydroxylation is 1. The second kappa shape index (κ2) is 12.5. The summed E-state index contributed by atoms with van der Waals surface area (Å²) in [5.74, 6) is 0.712. The highest BCUT2D eigenvalue weighted by Gasteiger charge is 2.38. The van der Waals surface area contributed by atoms with Gasteiger partial charge in [0, 0.05) is 5.69 Å². The minimum Gasteiger partial charge on any atom is -0.497 e. The number of anilines is 1. The zero-order valence-electron chi connectivity index (χ0n) is 24.3. The van der Waals surface area contributed by atoms with Gasteiger partial charge < -0.3 is 13.9 Å². The van der Waals surface area contributed by atoms with Gasteiger partial charge >= 0.3 is 6.09 Å². The van der Waals surface area contributed by atoms with Crippen LogP contribution in [-0.2, 0) is 9.16 Å². The number of ether oxygens (including phenoxy) is 2. The molecule has 2 atom stereocenters. The van der Waals surface area contributed by atoms with Gasteiger partial charge in [0.05, 0.1) is 19.8 Å². The quantitative estimate of drug-likeness (QED) is 0.212. The highest BCUT2D eigenvalue weighted by atomic mass is 28.4. The van der Waals surface area contributed by atoms with Crippen molar-refractivity contribution >= 4 is 30.5 Å². The molecule has 4 aromatic rings. The normalized spacial score (nSPS) is 13.7. The zero-order chi connectivity index (χ0) is 28.8. The van der Waals surface area contributed by atoms with E-state index in [0.717, 1.165) is 5.56 Å². The monoisotopic (exact) mass is 553 g/mol. The zero-order valence-corrected chi connectivity index (χ0v) is 25.3. The van der Waals surface area contributed by atoms with Gasteiger partial charge in [-0.1, -0.05) is 84.9 Å². The average Bonchev–Trinajstić information content (AvgIpc) is 2.95. The number of nitrogens with zero attached hydrogens (tertiary/aromatic N) is 1. The number of methoxy groups -OCH3 is 1. The molecule has 1 unspecified atom stereocenters. The smallest absolute Gasteiger partial charge is 0.415 e. The van der Waals surface area contributed by atoms with Crippen LogP contribution in [0.25, 0.3) is 0 Å². The van der Waals surface area contributed by atoms with Gasteiger partial charge in [0.15, 0.2) is 0 Å². The first-order valence-electron chi connectivity index (χ1n) is 13.6. The van der Waals surface area contributed by atoms with Gasteiger partial charge in [-0.2, -0.15) is 0 Å². The van der Waals surface area contributed by atoms with Crippen molar-refractivity contribution in [3.8, 4) is 5.75 Å². The summed E-state index contributed by atoms with van der Waals surface area (Å²) >= 11 is 0. The van der Waals surface area contributed by atoms with E-state index in [1.54, 1.807) is 12.0 Å². The van der Waals surface area contributed by atoms with Crippen LogP contribution < -0.4 is 20.0 Å². The fraction of sp³-hybridized carbons (Fsp3) is 0.265. The van der Waals surface area contributed by atoms with E-state index >= 15 is 0 Å². The molecule has 0 aliphatic rings. The molecular weight excluding hydrogens is 514 g/mol. The first-order chi connectivity index (χ1) is 19.1. The largest absolute Gasteiger partial charge is 0.497 e. The maximum Gasteiger partial charge on any atom is 0.415 e. The van der Waals surface area contributed by atoms with Crippen molar-refractivity contribution in [2.45, 2.75) is 45.9 Å². The molecule has 6 heteroatoms. The van der Waals surface area contributed by atoms with E-state index in [2.05, 4.69) is 62.0 Å². The molecule has 0 heterocycles. The molecule has 208 valence electrons. The predicted octanol–water partition coefficient (Wildman–Crippen LogP) is 6.89. The lowest BCUT2D eigenvalue weighted by atomic mass is 10.1. The first-order valence-corrected chi connectivity index (χ1v) is 16.0. The average molecular weight is 554 g/mol. The van der Waals surface area contributed by atoms with Crippen molar-refractivity contribution in [3.05, 3.63) is 120 Å². The molecule has 4 rings (SSSR count). The molecule has 0 saturated heterocycles. The second-order valence-corrected chi connectivity index (χ2v) is 14.5. The molecule has 5 nitrogen and oxygen atoms in total. The van der Waals surface area contributed by atoms with Crippen molar-refractivity contribution in [2.24, 2.45) is 0 Å². The van der Waals surface area contributed by atoms with Crippen molar-refractivity contribution in [2.75, 3.05) is 18.6 Å². The number of hydrogen-bond acceptors (Lipinski definition) is 4. The highest BCUT2D eigenvalue weighted by molar-refractivity contribution is 6.96. The maximum atomic E-state index is 13.9. The predicted molar refractivity (Wildman–Crippen MR) is 165 cm³/mol. The van der Waals surface area contributed by atoms with Gasteiger partial charge in [-0.05, 0) is 80.0 Å². The fourth-order valence-corrected chi connectivity index (χ4v) is 8.09. The SMILES string of the molecule is COc1ccc(N(C(=O)OC(C)(C)C)[C@H](CO[Si](C)(c2ccccc2)c2ccccc2C)c2ccccc2)cc1. The van der Waals surface area contributed by atoms with Gasteiger partial charge in [-0.25, -0.2) is 4.79 Å². The Bertz CT molecular complexity index is 1390. The van der Waals surface area contributed by atoms with E-state index in [1.807, 2.05) is 81.4 Å². The topological polar surface area (TPSA) is 48.0 Å². The van der Waals surface area contributed by atoms with Crippen LogP contribution in [-0.4, -0.2) is 33.7 Å².